The molecule has 0 N–H and O–H groups in total. The molecule has 2 aliphatic rings. The third-order valence-corrected chi connectivity index (χ3v) is 10.1. The number of fused-ring (bicyclic) bond motifs is 1. The molecule has 3 heterocycles. The fourth-order valence-electron chi connectivity index (χ4n) is 2.04. The van der Waals surface area contributed by atoms with Gasteiger partial charge in [-0.2, -0.15) is 0 Å². The third-order valence-electron chi connectivity index (χ3n) is 3.34. The molecule has 0 fully saturated rings. The summed E-state index contributed by atoms with van der Waals surface area (Å²) in [5.74, 6) is 0. The second kappa shape index (κ2) is 5.23. The fraction of sp³-hybridized carbons (Fsp3) is 0.500. The molecular weight excluding hydrogens is 332 g/mol. The zero-order valence-corrected chi connectivity index (χ0v) is 14.8. The Morgan fingerprint density at radius 3 is 2.00 bits per heavy atom. The highest BCUT2D eigenvalue weighted by Crippen LogP contribution is 2.57. The number of rotatable bonds is 1. The molecule has 0 aromatic carbocycles. The molecule has 1 unspecified atom stereocenters. The van der Waals surface area contributed by atoms with Gasteiger partial charge >= 0.3 is 5.69 Å². The van der Waals surface area contributed by atoms with Crippen molar-refractivity contribution in [2.45, 2.75) is 32.9 Å². The Balaban J connectivity index is 1.95. The summed E-state index contributed by atoms with van der Waals surface area (Å²) >= 11 is 6.98. The number of aromatic nitrogens is 2. The Bertz CT molecular complexity index is 720. The van der Waals surface area contributed by atoms with Gasteiger partial charge in [0.25, 0.3) is 5.56 Å². The topological polar surface area (TPSA) is 44.0 Å². The first-order valence-electron chi connectivity index (χ1n) is 6.04. The first-order valence-corrected chi connectivity index (χ1v) is 9.56. The first kappa shape index (κ1) is 14.7. The molecule has 20 heavy (non-hydrogen) atoms. The van der Waals surface area contributed by atoms with E-state index >= 15 is 0 Å². The number of allylic oxidation sites excluding steroid dienone is 2. The van der Waals surface area contributed by atoms with Crippen LogP contribution in [0.15, 0.2) is 29.3 Å². The van der Waals surface area contributed by atoms with Crippen LogP contribution in [0.3, 0.4) is 0 Å². The summed E-state index contributed by atoms with van der Waals surface area (Å²) in [7, 11) is 3.28. The van der Waals surface area contributed by atoms with Gasteiger partial charge in [-0.05, 0) is 23.7 Å². The second-order valence-electron chi connectivity index (χ2n) is 4.66. The summed E-state index contributed by atoms with van der Waals surface area (Å²) in [6.45, 7) is 4.28. The number of hydrogen-bond acceptors (Lipinski definition) is 6. The van der Waals surface area contributed by atoms with Crippen molar-refractivity contribution in [1.29, 1.82) is 0 Å². The van der Waals surface area contributed by atoms with Gasteiger partial charge in [0, 0.05) is 14.1 Å². The maximum atomic E-state index is 12.2. The van der Waals surface area contributed by atoms with E-state index in [1.165, 1.54) is 14.4 Å². The summed E-state index contributed by atoms with van der Waals surface area (Å²) in [4.78, 5) is 27.6. The Labute approximate surface area is 133 Å². The maximum absolute atomic E-state index is 12.2. The van der Waals surface area contributed by atoms with Gasteiger partial charge < -0.3 is 0 Å². The zero-order chi connectivity index (χ0) is 14.6. The smallest absolute Gasteiger partial charge is 0.290 e. The highest BCUT2D eigenvalue weighted by molar-refractivity contribution is 8.28. The lowest BCUT2D eigenvalue weighted by Gasteiger charge is -2.14. The molecule has 0 aliphatic carbocycles. The van der Waals surface area contributed by atoms with Gasteiger partial charge in [-0.25, -0.2) is 4.79 Å². The fourth-order valence-corrected chi connectivity index (χ4v) is 8.59. The van der Waals surface area contributed by atoms with Crippen LogP contribution in [0.25, 0.3) is 0 Å². The average Bonchev–Trinajstić information content (AvgIpc) is 2.99. The van der Waals surface area contributed by atoms with Crippen LogP contribution < -0.4 is 11.2 Å². The molecule has 0 radical (unpaired) electrons. The summed E-state index contributed by atoms with van der Waals surface area (Å²) < 4.78 is 3.45. The normalized spacial score (nSPS) is 22.7. The predicted octanol–water partition coefficient (Wildman–Crippen LogP) is 2.67. The van der Waals surface area contributed by atoms with E-state index in [-0.39, 0.29) is 15.8 Å². The van der Waals surface area contributed by atoms with Crippen LogP contribution >= 0.6 is 47.0 Å². The van der Waals surface area contributed by atoms with Crippen molar-refractivity contribution in [3.8, 4) is 0 Å². The zero-order valence-electron chi connectivity index (χ0n) is 11.5. The first-order chi connectivity index (χ1) is 9.40. The van der Waals surface area contributed by atoms with Crippen LogP contribution in [-0.4, -0.2) is 18.3 Å². The Hall–Kier alpha value is -0.180. The van der Waals surface area contributed by atoms with Crippen LogP contribution in [0.4, 0.5) is 0 Å². The van der Waals surface area contributed by atoms with E-state index in [0.29, 0.717) is 9.48 Å². The van der Waals surface area contributed by atoms with Crippen molar-refractivity contribution in [2.24, 2.45) is 14.1 Å². The Morgan fingerprint density at radius 1 is 0.850 bits per heavy atom. The van der Waals surface area contributed by atoms with Crippen molar-refractivity contribution >= 4 is 47.0 Å². The van der Waals surface area contributed by atoms with Gasteiger partial charge in [-0.1, -0.05) is 11.8 Å². The number of hydrogen-bond donors (Lipinski definition) is 0. The monoisotopic (exact) mass is 346 g/mol. The molecule has 108 valence electrons. The molecular formula is C12H14N2O2S4. The summed E-state index contributed by atoms with van der Waals surface area (Å²) in [6, 6.07) is 0. The van der Waals surface area contributed by atoms with Crippen molar-refractivity contribution in [2.75, 3.05) is 0 Å². The predicted molar refractivity (Wildman–Crippen MR) is 89.8 cm³/mol. The van der Waals surface area contributed by atoms with Gasteiger partial charge in [0.1, 0.15) is 4.90 Å². The van der Waals surface area contributed by atoms with Crippen LogP contribution in [-0.2, 0) is 14.1 Å². The highest BCUT2D eigenvalue weighted by atomic mass is 32.2. The second-order valence-corrected chi connectivity index (χ2v) is 10.3. The van der Waals surface area contributed by atoms with Gasteiger partial charge in [-0.15, -0.1) is 35.3 Å². The molecule has 4 nitrogen and oxygen atoms in total. The molecule has 3 rings (SSSR count). The molecule has 1 aromatic rings. The van der Waals surface area contributed by atoms with Gasteiger partial charge in [0.2, 0.25) is 0 Å². The van der Waals surface area contributed by atoms with E-state index in [1.807, 2.05) is 23.5 Å². The molecule has 0 saturated heterocycles. The highest BCUT2D eigenvalue weighted by Gasteiger charge is 2.38. The molecule has 1 aromatic heterocycles. The molecule has 2 aliphatic heterocycles. The molecule has 8 heteroatoms. The van der Waals surface area contributed by atoms with E-state index < -0.39 is 0 Å². The Kier molecular flexibility index (Phi) is 3.85. The lowest BCUT2D eigenvalue weighted by Crippen LogP contribution is -2.38. The van der Waals surface area contributed by atoms with E-state index in [4.69, 9.17) is 0 Å². The minimum atomic E-state index is -0.250. The number of thioether (sulfide) groups is 4. The van der Waals surface area contributed by atoms with Crippen LogP contribution in [0.1, 0.15) is 13.8 Å². The summed E-state index contributed by atoms with van der Waals surface area (Å²) in [5, 5.41) is 0.816. The van der Waals surface area contributed by atoms with E-state index in [9.17, 15) is 9.59 Å². The van der Waals surface area contributed by atoms with Crippen molar-refractivity contribution in [1.82, 2.24) is 9.13 Å². The average molecular weight is 347 g/mol. The minimum Gasteiger partial charge on any atom is -0.290 e. The van der Waals surface area contributed by atoms with E-state index in [2.05, 4.69) is 13.8 Å². The van der Waals surface area contributed by atoms with Crippen LogP contribution in [0.2, 0.25) is 0 Å². The molecule has 0 amide bonds. The molecule has 0 spiro atoms. The van der Waals surface area contributed by atoms with Crippen LogP contribution in [0, 0.1) is 0 Å². The van der Waals surface area contributed by atoms with Gasteiger partial charge in [0.15, 0.2) is 0 Å². The van der Waals surface area contributed by atoms with Crippen molar-refractivity contribution < 1.29 is 0 Å². The maximum Gasteiger partial charge on any atom is 0.331 e. The van der Waals surface area contributed by atoms with Crippen molar-refractivity contribution in [3.05, 3.63) is 30.6 Å². The quantitative estimate of drug-likeness (QED) is 0.729. The molecule has 0 saturated carbocycles. The SMILES string of the molecule is CC1=C(C)SC(C2Sc3c(n(C)c(=O)n(C)c3=O)S2)S1. The van der Waals surface area contributed by atoms with Crippen LogP contribution in [0.5, 0.6) is 0 Å². The number of nitrogens with zero attached hydrogens (tertiary/aromatic N) is 2. The van der Waals surface area contributed by atoms with E-state index in [0.717, 1.165) is 5.03 Å². The summed E-state index contributed by atoms with van der Waals surface area (Å²) in [5.41, 5.74) is -0.419. The lowest BCUT2D eigenvalue weighted by molar-refractivity contribution is 0.605. The lowest BCUT2D eigenvalue weighted by atomic mass is 10.6. The molecule has 1 atom stereocenters. The van der Waals surface area contributed by atoms with E-state index in [1.54, 1.807) is 42.2 Å². The van der Waals surface area contributed by atoms with Crippen molar-refractivity contribution in [3.63, 3.8) is 0 Å². The standard InChI is InChI=1S/C12H14N2O2S4/c1-5-6(2)18-10(17-5)11-19-7-8(15)13(3)12(16)14(4)9(7)20-11/h10-11H,1-4H3. The molecule has 0 bridgehead atoms. The largest absolute Gasteiger partial charge is 0.331 e. The summed E-state index contributed by atoms with van der Waals surface area (Å²) in [6.07, 6.45) is 0. The third kappa shape index (κ3) is 2.20. The van der Waals surface area contributed by atoms with Gasteiger partial charge in [-0.3, -0.25) is 13.9 Å². The minimum absolute atomic E-state index is 0.169. The Morgan fingerprint density at radius 2 is 1.40 bits per heavy atom. The van der Waals surface area contributed by atoms with Gasteiger partial charge in [0.05, 0.1) is 14.2 Å².